The van der Waals surface area contributed by atoms with Gasteiger partial charge >= 0.3 is 17.9 Å². The Morgan fingerprint density at radius 1 is 0.556 bits per heavy atom. The van der Waals surface area contributed by atoms with E-state index >= 15 is 0 Å². The van der Waals surface area contributed by atoms with Gasteiger partial charge in [-0.15, -0.1) is 0 Å². The van der Waals surface area contributed by atoms with E-state index in [1.54, 1.807) is 0 Å². The number of unbranched alkanes of at least 4 members (excludes halogenated alkanes) is 23. The maximum atomic E-state index is 12.7. The molecule has 1 aliphatic rings. The van der Waals surface area contributed by atoms with Crippen LogP contribution in [0.2, 0.25) is 0 Å². The van der Waals surface area contributed by atoms with Crippen molar-refractivity contribution in [3.63, 3.8) is 0 Å². The molecule has 1 heterocycles. The molecule has 1 saturated heterocycles. The SMILES string of the molecule is CCCCC/C=C\CCCCCCCC(=O)OCC(COC1OC(C(=O)O)C(O)C(O)C1O)OC(=O)CCCCCCCCCCCCCCCCCC. The Balaban J connectivity index is 2.38. The van der Waals surface area contributed by atoms with Crippen molar-refractivity contribution >= 4 is 17.9 Å². The highest BCUT2D eigenvalue weighted by molar-refractivity contribution is 5.73. The van der Waals surface area contributed by atoms with Crippen LogP contribution in [0.4, 0.5) is 0 Å². The predicted molar refractivity (Wildman–Crippen MR) is 211 cm³/mol. The second kappa shape index (κ2) is 34.2. The highest BCUT2D eigenvalue weighted by atomic mass is 16.7. The molecular formula is C43H78O11. The molecule has 0 radical (unpaired) electrons. The third-order valence-electron chi connectivity index (χ3n) is 10.1. The van der Waals surface area contributed by atoms with Crippen LogP contribution in [0.5, 0.6) is 0 Å². The molecule has 316 valence electrons. The predicted octanol–water partition coefficient (Wildman–Crippen LogP) is 8.87. The van der Waals surface area contributed by atoms with Gasteiger partial charge in [0.05, 0.1) is 6.61 Å². The smallest absolute Gasteiger partial charge is 0.335 e. The molecule has 0 saturated carbocycles. The minimum atomic E-state index is -1.86. The zero-order chi connectivity index (χ0) is 39.7. The van der Waals surface area contributed by atoms with Gasteiger partial charge in [-0.05, 0) is 38.5 Å². The van der Waals surface area contributed by atoms with Gasteiger partial charge in [-0.3, -0.25) is 9.59 Å². The number of hydrogen-bond acceptors (Lipinski definition) is 10. The number of carbonyl (C=O) groups excluding carboxylic acids is 2. The number of carboxylic acids is 1. The highest BCUT2D eigenvalue weighted by Crippen LogP contribution is 2.23. The molecule has 11 nitrogen and oxygen atoms in total. The number of ether oxygens (including phenoxy) is 4. The first-order valence-corrected chi connectivity index (χ1v) is 21.7. The molecule has 0 amide bonds. The molecule has 0 aromatic rings. The van der Waals surface area contributed by atoms with Crippen LogP contribution in [0.15, 0.2) is 12.2 Å². The molecule has 1 fully saturated rings. The van der Waals surface area contributed by atoms with E-state index in [-0.39, 0.29) is 26.1 Å². The molecule has 1 rings (SSSR count). The fraction of sp³-hybridized carbons (Fsp3) is 0.884. The van der Waals surface area contributed by atoms with Crippen molar-refractivity contribution in [1.82, 2.24) is 0 Å². The summed E-state index contributed by atoms with van der Waals surface area (Å²) in [7, 11) is 0. The van der Waals surface area contributed by atoms with Gasteiger partial charge in [0.1, 0.15) is 24.9 Å². The van der Waals surface area contributed by atoms with Gasteiger partial charge in [0, 0.05) is 12.8 Å². The van der Waals surface area contributed by atoms with Crippen molar-refractivity contribution < 1.29 is 53.8 Å². The Labute approximate surface area is 326 Å². The zero-order valence-electron chi connectivity index (χ0n) is 34.0. The Bertz CT molecular complexity index is 958. The lowest BCUT2D eigenvalue weighted by molar-refractivity contribution is -0.298. The first kappa shape index (κ1) is 50.0. The number of allylic oxidation sites excluding steroid dienone is 2. The van der Waals surface area contributed by atoms with E-state index in [1.165, 1.54) is 96.3 Å². The quantitative estimate of drug-likeness (QED) is 0.0273. The Morgan fingerprint density at radius 3 is 1.48 bits per heavy atom. The second-order valence-electron chi connectivity index (χ2n) is 15.2. The first-order chi connectivity index (χ1) is 26.2. The summed E-state index contributed by atoms with van der Waals surface area (Å²) in [6.07, 6.45) is 25.5. The monoisotopic (exact) mass is 771 g/mol. The van der Waals surface area contributed by atoms with Crippen LogP contribution in [-0.4, -0.2) is 88.4 Å². The van der Waals surface area contributed by atoms with Gasteiger partial charge in [0.2, 0.25) is 0 Å². The van der Waals surface area contributed by atoms with Gasteiger partial charge in [-0.2, -0.15) is 0 Å². The molecule has 0 bridgehead atoms. The lowest BCUT2D eigenvalue weighted by Crippen LogP contribution is -2.60. The summed E-state index contributed by atoms with van der Waals surface area (Å²) in [5.41, 5.74) is 0. The maximum Gasteiger partial charge on any atom is 0.335 e. The topological polar surface area (TPSA) is 169 Å². The molecule has 0 aliphatic carbocycles. The molecule has 4 N–H and O–H groups in total. The van der Waals surface area contributed by atoms with Crippen molar-refractivity contribution in [2.75, 3.05) is 13.2 Å². The molecule has 0 spiro atoms. The highest BCUT2D eigenvalue weighted by Gasteiger charge is 2.47. The van der Waals surface area contributed by atoms with Crippen molar-refractivity contribution in [3.8, 4) is 0 Å². The van der Waals surface area contributed by atoms with Crippen LogP contribution in [-0.2, 0) is 33.3 Å². The summed E-state index contributed by atoms with van der Waals surface area (Å²) in [5, 5.41) is 39.7. The van der Waals surface area contributed by atoms with Gasteiger partial charge in [-0.25, -0.2) is 4.79 Å². The van der Waals surface area contributed by atoms with E-state index in [0.29, 0.717) is 12.8 Å². The Kier molecular flexibility index (Phi) is 31.7. The van der Waals surface area contributed by atoms with E-state index in [0.717, 1.165) is 57.8 Å². The molecule has 0 aromatic heterocycles. The standard InChI is InChI=1S/C43H78O11/c1-3-5-7-9-11-13-15-17-18-19-20-22-24-26-28-30-32-37(45)53-35(34-52-43-40(48)38(46)39(47)41(54-43)42(49)50)33-51-36(44)31-29-27-25-23-21-16-14-12-10-8-6-4-2/h12,14,35,38-41,43,46-48H,3-11,13,15-34H2,1-2H3,(H,49,50)/b14-12-. The normalized spacial score (nSPS) is 20.6. The first-order valence-electron chi connectivity index (χ1n) is 21.7. The van der Waals surface area contributed by atoms with E-state index in [1.807, 2.05) is 0 Å². The summed E-state index contributed by atoms with van der Waals surface area (Å²) in [4.78, 5) is 36.7. The number of carboxylic acid groups (broad SMARTS) is 1. The lowest BCUT2D eigenvalue weighted by Gasteiger charge is -2.38. The molecule has 54 heavy (non-hydrogen) atoms. The van der Waals surface area contributed by atoms with Crippen LogP contribution < -0.4 is 0 Å². The summed E-state index contributed by atoms with van der Waals surface area (Å²) in [6.45, 7) is 3.78. The number of aliphatic carboxylic acids is 1. The number of rotatable bonds is 36. The van der Waals surface area contributed by atoms with Crippen molar-refractivity contribution in [2.24, 2.45) is 0 Å². The molecule has 1 aliphatic heterocycles. The zero-order valence-corrected chi connectivity index (χ0v) is 34.0. The van der Waals surface area contributed by atoms with E-state index in [9.17, 15) is 34.8 Å². The van der Waals surface area contributed by atoms with Gasteiger partial charge in [0.25, 0.3) is 0 Å². The summed E-state index contributed by atoms with van der Waals surface area (Å²) in [6, 6.07) is 0. The van der Waals surface area contributed by atoms with E-state index in [2.05, 4.69) is 26.0 Å². The van der Waals surface area contributed by atoms with Crippen molar-refractivity contribution in [1.29, 1.82) is 0 Å². The van der Waals surface area contributed by atoms with Crippen molar-refractivity contribution in [3.05, 3.63) is 12.2 Å². The number of hydrogen-bond donors (Lipinski definition) is 4. The van der Waals surface area contributed by atoms with Crippen LogP contribution in [0.3, 0.4) is 0 Å². The third kappa shape index (κ3) is 25.9. The van der Waals surface area contributed by atoms with Gasteiger partial charge in [-0.1, -0.05) is 154 Å². The molecule has 11 heteroatoms. The average Bonchev–Trinajstić information content (AvgIpc) is 3.15. The Hall–Kier alpha value is -2.05. The van der Waals surface area contributed by atoms with Crippen LogP contribution in [0, 0.1) is 0 Å². The summed E-state index contributed by atoms with van der Waals surface area (Å²) < 4.78 is 21.7. The van der Waals surface area contributed by atoms with Gasteiger partial charge < -0.3 is 39.4 Å². The summed E-state index contributed by atoms with van der Waals surface area (Å²) >= 11 is 0. The number of aliphatic hydroxyl groups is 3. The number of carbonyl (C=O) groups is 3. The van der Waals surface area contributed by atoms with E-state index < -0.39 is 54.7 Å². The average molecular weight is 771 g/mol. The molecular weight excluding hydrogens is 692 g/mol. The maximum absolute atomic E-state index is 12.7. The largest absolute Gasteiger partial charge is 0.479 e. The molecule has 6 unspecified atom stereocenters. The fourth-order valence-electron chi connectivity index (χ4n) is 6.64. The molecule has 0 aromatic carbocycles. The number of esters is 2. The van der Waals surface area contributed by atoms with Crippen molar-refractivity contribution in [2.45, 2.75) is 230 Å². The summed E-state index contributed by atoms with van der Waals surface area (Å²) in [5.74, 6) is -2.44. The number of aliphatic hydroxyl groups excluding tert-OH is 3. The van der Waals surface area contributed by atoms with Crippen LogP contribution in [0.25, 0.3) is 0 Å². The molecule has 6 atom stereocenters. The third-order valence-corrected chi connectivity index (χ3v) is 10.1. The minimum absolute atomic E-state index is 0.187. The fourth-order valence-corrected chi connectivity index (χ4v) is 6.64. The van der Waals surface area contributed by atoms with Crippen LogP contribution >= 0.6 is 0 Å². The Morgan fingerprint density at radius 2 is 0.981 bits per heavy atom. The van der Waals surface area contributed by atoms with E-state index in [4.69, 9.17) is 18.9 Å². The minimum Gasteiger partial charge on any atom is -0.479 e. The van der Waals surface area contributed by atoms with Crippen LogP contribution in [0.1, 0.15) is 194 Å². The lowest BCUT2D eigenvalue weighted by atomic mass is 9.99. The van der Waals surface area contributed by atoms with Gasteiger partial charge in [0.15, 0.2) is 18.5 Å². The second-order valence-corrected chi connectivity index (χ2v) is 15.2.